The maximum atomic E-state index is 10.9. The molecule has 0 radical (unpaired) electrons. The number of ether oxygens (including phenoxy) is 1. The van der Waals surface area contributed by atoms with Crippen molar-refractivity contribution in [3.05, 3.63) is 0 Å². The third-order valence-corrected chi connectivity index (χ3v) is 1.96. The van der Waals surface area contributed by atoms with Gasteiger partial charge in [0.25, 0.3) is 0 Å². The number of methoxy groups -OCH3 is 1. The maximum Gasteiger partial charge on any atom is 0.409 e. The number of amides is 1. The van der Waals surface area contributed by atoms with Crippen molar-refractivity contribution in [1.82, 2.24) is 4.90 Å². The predicted molar refractivity (Wildman–Crippen MR) is 45.1 cm³/mol. The Balaban J connectivity index is 0.000001000. The van der Waals surface area contributed by atoms with Crippen molar-refractivity contribution in [2.24, 2.45) is 0 Å². The first-order valence-electron chi connectivity index (χ1n) is 3.60. The molecular formula is C7H14ClNO2. The molecule has 1 fully saturated rings. The van der Waals surface area contributed by atoms with E-state index in [4.69, 9.17) is 0 Å². The first-order chi connectivity index (χ1) is 4.75. The zero-order chi connectivity index (χ0) is 7.56. The summed E-state index contributed by atoms with van der Waals surface area (Å²) >= 11 is 0. The maximum absolute atomic E-state index is 10.9. The van der Waals surface area contributed by atoms with E-state index < -0.39 is 0 Å². The smallest absolute Gasteiger partial charge is 0.409 e. The molecule has 0 unspecified atom stereocenters. The van der Waals surface area contributed by atoms with Crippen molar-refractivity contribution in [3.63, 3.8) is 0 Å². The van der Waals surface area contributed by atoms with Gasteiger partial charge in [-0.25, -0.2) is 4.79 Å². The van der Waals surface area contributed by atoms with E-state index in [1.807, 2.05) is 6.92 Å². The second kappa shape index (κ2) is 4.44. The van der Waals surface area contributed by atoms with Crippen molar-refractivity contribution in [2.45, 2.75) is 25.8 Å². The largest absolute Gasteiger partial charge is 0.453 e. The predicted octanol–water partition coefficient (Wildman–Crippen LogP) is 1.66. The van der Waals surface area contributed by atoms with Gasteiger partial charge >= 0.3 is 6.09 Å². The lowest BCUT2D eigenvalue weighted by molar-refractivity contribution is 0.121. The van der Waals surface area contributed by atoms with Crippen LogP contribution in [0.5, 0.6) is 0 Å². The lowest BCUT2D eigenvalue weighted by atomic mass is 10.2. The third-order valence-electron chi connectivity index (χ3n) is 1.96. The van der Waals surface area contributed by atoms with Crippen molar-refractivity contribution in [2.75, 3.05) is 13.7 Å². The van der Waals surface area contributed by atoms with Crippen LogP contribution in [0.1, 0.15) is 19.8 Å². The molecule has 1 atom stereocenters. The number of likely N-dealkylation sites (tertiary alicyclic amines) is 1. The van der Waals surface area contributed by atoms with Gasteiger partial charge in [-0.15, -0.1) is 12.4 Å². The molecule has 0 aromatic heterocycles. The number of halogens is 1. The molecular weight excluding hydrogens is 166 g/mol. The van der Waals surface area contributed by atoms with Crippen LogP contribution in [0, 0.1) is 0 Å². The SMILES string of the molecule is COC(=O)N1CCC[C@H]1C.Cl. The number of hydrogen-bond acceptors (Lipinski definition) is 2. The average Bonchev–Trinajstić information content (AvgIpc) is 2.34. The molecule has 1 aliphatic heterocycles. The number of nitrogens with zero attached hydrogens (tertiary/aromatic N) is 1. The van der Waals surface area contributed by atoms with Crippen LogP contribution in [0.4, 0.5) is 4.79 Å². The van der Waals surface area contributed by atoms with Gasteiger partial charge in [0, 0.05) is 12.6 Å². The Hall–Kier alpha value is -0.440. The van der Waals surface area contributed by atoms with Crippen LogP contribution in [0.2, 0.25) is 0 Å². The van der Waals surface area contributed by atoms with Crippen LogP contribution in [0.3, 0.4) is 0 Å². The fraction of sp³-hybridized carbons (Fsp3) is 0.857. The zero-order valence-corrected chi connectivity index (χ0v) is 7.69. The first-order valence-corrected chi connectivity index (χ1v) is 3.60. The summed E-state index contributed by atoms with van der Waals surface area (Å²) in [6.07, 6.45) is 2.02. The Bertz CT molecular complexity index is 140. The van der Waals surface area contributed by atoms with Gasteiger partial charge in [0.05, 0.1) is 7.11 Å². The fourth-order valence-electron chi connectivity index (χ4n) is 1.32. The first kappa shape index (κ1) is 10.6. The van der Waals surface area contributed by atoms with Gasteiger partial charge < -0.3 is 9.64 Å². The molecule has 0 N–H and O–H groups in total. The second-order valence-corrected chi connectivity index (χ2v) is 2.65. The highest BCUT2D eigenvalue weighted by Gasteiger charge is 2.25. The molecule has 1 aliphatic rings. The summed E-state index contributed by atoms with van der Waals surface area (Å²) < 4.78 is 4.59. The van der Waals surface area contributed by atoms with Crippen molar-refractivity contribution >= 4 is 18.5 Å². The molecule has 0 aromatic carbocycles. The summed E-state index contributed by atoms with van der Waals surface area (Å²) in [7, 11) is 1.42. The van der Waals surface area contributed by atoms with Crippen molar-refractivity contribution < 1.29 is 9.53 Å². The molecule has 0 aromatic rings. The van der Waals surface area contributed by atoms with Gasteiger partial charge in [-0.05, 0) is 19.8 Å². The van der Waals surface area contributed by atoms with E-state index in [0.717, 1.165) is 19.4 Å². The fourth-order valence-corrected chi connectivity index (χ4v) is 1.32. The Labute approximate surface area is 73.1 Å². The van der Waals surface area contributed by atoms with Crippen molar-refractivity contribution in [3.8, 4) is 0 Å². The van der Waals surface area contributed by atoms with E-state index >= 15 is 0 Å². The summed E-state index contributed by atoms with van der Waals surface area (Å²) in [5, 5.41) is 0. The highest BCUT2D eigenvalue weighted by Crippen LogP contribution is 2.16. The molecule has 66 valence electrons. The van der Waals surface area contributed by atoms with Crippen LogP contribution in [-0.2, 0) is 4.74 Å². The van der Waals surface area contributed by atoms with Crippen LogP contribution in [0.15, 0.2) is 0 Å². The van der Waals surface area contributed by atoms with E-state index in [1.165, 1.54) is 7.11 Å². The van der Waals surface area contributed by atoms with Gasteiger partial charge in [0.1, 0.15) is 0 Å². The van der Waals surface area contributed by atoms with Gasteiger partial charge in [-0.3, -0.25) is 0 Å². The van der Waals surface area contributed by atoms with Gasteiger partial charge in [-0.1, -0.05) is 0 Å². The summed E-state index contributed by atoms with van der Waals surface area (Å²) in [5.41, 5.74) is 0. The number of rotatable bonds is 0. The van der Waals surface area contributed by atoms with E-state index in [2.05, 4.69) is 4.74 Å². The Morgan fingerprint density at radius 3 is 2.64 bits per heavy atom. The summed E-state index contributed by atoms with van der Waals surface area (Å²) in [6.45, 7) is 2.90. The lowest BCUT2D eigenvalue weighted by Crippen LogP contribution is -2.33. The highest BCUT2D eigenvalue weighted by molar-refractivity contribution is 5.85. The Morgan fingerprint density at radius 1 is 1.64 bits per heavy atom. The van der Waals surface area contributed by atoms with Gasteiger partial charge in [-0.2, -0.15) is 0 Å². The third kappa shape index (κ3) is 2.26. The van der Waals surface area contributed by atoms with Crippen LogP contribution in [0.25, 0.3) is 0 Å². The van der Waals surface area contributed by atoms with Crippen LogP contribution in [-0.4, -0.2) is 30.7 Å². The molecule has 11 heavy (non-hydrogen) atoms. The summed E-state index contributed by atoms with van der Waals surface area (Å²) in [6, 6.07) is 0.368. The summed E-state index contributed by atoms with van der Waals surface area (Å²) in [4.78, 5) is 12.7. The normalized spacial score (nSPS) is 22.7. The standard InChI is InChI=1S/C7H13NO2.ClH/c1-6-4-3-5-8(6)7(9)10-2;/h6H,3-5H2,1-2H3;1H/t6-;/m1./s1. The number of carbonyl (C=O) groups is 1. The second-order valence-electron chi connectivity index (χ2n) is 2.65. The van der Waals surface area contributed by atoms with Crippen molar-refractivity contribution in [1.29, 1.82) is 0 Å². The molecule has 4 heteroatoms. The molecule has 1 rings (SSSR count). The molecule has 1 saturated heterocycles. The van der Waals surface area contributed by atoms with E-state index in [-0.39, 0.29) is 18.5 Å². The minimum Gasteiger partial charge on any atom is -0.453 e. The molecule has 3 nitrogen and oxygen atoms in total. The highest BCUT2D eigenvalue weighted by atomic mass is 35.5. The lowest BCUT2D eigenvalue weighted by Gasteiger charge is -2.18. The topological polar surface area (TPSA) is 29.5 Å². The molecule has 1 amide bonds. The molecule has 1 heterocycles. The van der Waals surface area contributed by atoms with Crippen LogP contribution < -0.4 is 0 Å². The van der Waals surface area contributed by atoms with E-state index in [9.17, 15) is 4.79 Å². The molecule has 0 spiro atoms. The Morgan fingerprint density at radius 2 is 2.27 bits per heavy atom. The summed E-state index contributed by atoms with van der Waals surface area (Å²) in [5.74, 6) is 0. The molecule has 0 aliphatic carbocycles. The minimum absolute atomic E-state index is 0. The van der Waals surface area contributed by atoms with E-state index in [1.54, 1.807) is 4.90 Å². The molecule has 0 bridgehead atoms. The van der Waals surface area contributed by atoms with E-state index in [0.29, 0.717) is 6.04 Å². The zero-order valence-electron chi connectivity index (χ0n) is 6.87. The van der Waals surface area contributed by atoms with Crippen LogP contribution >= 0.6 is 12.4 Å². The Kier molecular flexibility index (Phi) is 4.26. The quantitative estimate of drug-likeness (QED) is 0.566. The molecule has 0 saturated carbocycles. The minimum atomic E-state index is -0.190. The monoisotopic (exact) mass is 179 g/mol. The van der Waals surface area contributed by atoms with Gasteiger partial charge in [0.2, 0.25) is 0 Å². The average molecular weight is 180 g/mol. The number of carbonyl (C=O) groups excluding carboxylic acids is 1. The number of hydrogen-bond donors (Lipinski definition) is 0. The van der Waals surface area contributed by atoms with Gasteiger partial charge in [0.15, 0.2) is 0 Å².